The molecular weight excluding hydrogens is 232 g/mol. The summed E-state index contributed by atoms with van der Waals surface area (Å²) in [5, 5.41) is 9.64. The standard InChI is InChI=1S/C14H30O2S/c1-3-4-5-6-7-8-9-10-11-14(15)12-13-17(2)16/h14-15H,3-13H2,1-2H3. The van der Waals surface area contributed by atoms with Crippen molar-refractivity contribution in [1.82, 2.24) is 0 Å². The molecule has 0 aromatic heterocycles. The fourth-order valence-electron chi connectivity index (χ4n) is 1.96. The van der Waals surface area contributed by atoms with Gasteiger partial charge in [-0.15, -0.1) is 0 Å². The molecule has 104 valence electrons. The molecule has 0 rings (SSSR count). The highest BCUT2D eigenvalue weighted by molar-refractivity contribution is 7.90. The van der Waals surface area contributed by atoms with Crippen molar-refractivity contribution in [1.29, 1.82) is 0 Å². The third kappa shape index (κ3) is 14.2. The average Bonchev–Trinajstić information content (AvgIpc) is 2.30. The van der Waals surface area contributed by atoms with Crippen molar-refractivity contribution in [3.63, 3.8) is 0 Å². The Labute approximate surface area is 110 Å². The Balaban J connectivity index is 3.11. The topological polar surface area (TPSA) is 43.3 Å². The molecule has 0 radical (unpaired) electrons. The Morgan fingerprint density at radius 3 is 2.00 bits per heavy atom. The first-order chi connectivity index (χ1) is 8.16. The number of aliphatic hydroxyl groups excluding tert-OH is 1. The summed E-state index contributed by atoms with van der Waals surface area (Å²) in [5.74, 6) is 0.637. The molecule has 3 heteroatoms. The van der Waals surface area contributed by atoms with E-state index in [9.17, 15) is 9.66 Å². The van der Waals surface area contributed by atoms with Crippen molar-refractivity contribution in [2.24, 2.45) is 0 Å². The van der Waals surface area contributed by atoms with Crippen LogP contribution in [0, 0.1) is 0 Å². The van der Waals surface area contributed by atoms with E-state index in [0.717, 1.165) is 12.8 Å². The van der Waals surface area contributed by atoms with Gasteiger partial charge in [-0.3, -0.25) is 0 Å². The maximum absolute atomic E-state index is 10.8. The molecule has 0 fully saturated rings. The molecule has 0 aromatic carbocycles. The van der Waals surface area contributed by atoms with E-state index in [1.807, 2.05) is 0 Å². The molecule has 0 aliphatic carbocycles. The van der Waals surface area contributed by atoms with Crippen molar-refractivity contribution in [3.8, 4) is 0 Å². The molecule has 0 saturated heterocycles. The quantitative estimate of drug-likeness (QED) is 0.431. The van der Waals surface area contributed by atoms with Crippen LogP contribution in [0.4, 0.5) is 0 Å². The lowest BCUT2D eigenvalue weighted by Crippen LogP contribution is -2.13. The van der Waals surface area contributed by atoms with Gasteiger partial charge in [0.15, 0.2) is 0 Å². The van der Waals surface area contributed by atoms with Crippen LogP contribution in [-0.2, 0) is 11.2 Å². The Hall–Kier alpha value is 0.270. The van der Waals surface area contributed by atoms with E-state index in [1.54, 1.807) is 6.26 Å². The Morgan fingerprint density at radius 1 is 0.941 bits per heavy atom. The summed E-state index contributed by atoms with van der Waals surface area (Å²) in [6.45, 7) is 2.24. The van der Waals surface area contributed by atoms with Crippen molar-refractivity contribution < 1.29 is 9.66 Å². The van der Waals surface area contributed by atoms with E-state index in [4.69, 9.17) is 0 Å². The normalized spacial score (nSPS) is 14.8. The average molecular weight is 262 g/mol. The summed E-state index contributed by atoms with van der Waals surface area (Å²) in [5.41, 5.74) is 0. The zero-order valence-corrected chi connectivity index (χ0v) is 12.4. The minimum atomic E-state index is -0.760. The first-order valence-corrected chi connectivity index (χ1v) is 8.87. The zero-order valence-electron chi connectivity index (χ0n) is 11.6. The predicted octanol–water partition coefficient (Wildman–Crippen LogP) is 3.65. The van der Waals surface area contributed by atoms with Gasteiger partial charge in [0.2, 0.25) is 0 Å². The van der Waals surface area contributed by atoms with Gasteiger partial charge in [-0.2, -0.15) is 0 Å². The molecule has 17 heavy (non-hydrogen) atoms. The Kier molecular flexibility index (Phi) is 12.9. The summed E-state index contributed by atoms with van der Waals surface area (Å²) in [6.07, 6.45) is 13.5. The highest BCUT2D eigenvalue weighted by Gasteiger charge is 2.07. The summed E-state index contributed by atoms with van der Waals surface area (Å²) in [4.78, 5) is 0. The third-order valence-electron chi connectivity index (χ3n) is 3.13. The minimum absolute atomic E-state index is 0.237. The molecule has 2 nitrogen and oxygen atoms in total. The molecule has 1 N–H and O–H groups in total. The fourth-order valence-corrected chi connectivity index (χ4v) is 2.56. The fraction of sp³-hybridized carbons (Fsp3) is 1.00. The predicted molar refractivity (Wildman–Crippen MR) is 76.8 cm³/mol. The van der Waals surface area contributed by atoms with Crippen LogP contribution in [0.15, 0.2) is 0 Å². The maximum Gasteiger partial charge on any atom is 0.107 e. The van der Waals surface area contributed by atoms with Crippen molar-refractivity contribution in [3.05, 3.63) is 0 Å². The van der Waals surface area contributed by atoms with Crippen molar-refractivity contribution in [2.75, 3.05) is 12.0 Å². The molecule has 0 aliphatic rings. The van der Waals surface area contributed by atoms with E-state index in [-0.39, 0.29) is 6.10 Å². The number of aliphatic hydroxyl groups is 1. The van der Waals surface area contributed by atoms with E-state index >= 15 is 0 Å². The highest BCUT2D eigenvalue weighted by atomic mass is 32.2. The van der Waals surface area contributed by atoms with Gasteiger partial charge in [-0.05, 0) is 6.42 Å². The van der Waals surface area contributed by atoms with Crippen LogP contribution in [0.1, 0.15) is 71.1 Å². The summed E-state index contributed by atoms with van der Waals surface area (Å²) >= 11 is -0.760. The van der Waals surface area contributed by atoms with Gasteiger partial charge in [0.1, 0.15) is 5.75 Å². The molecule has 2 unspecified atom stereocenters. The van der Waals surface area contributed by atoms with E-state index in [0.29, 0.717) is 12.2 Å². The Bertz CT molecular complexity index is 151. The molecule has 0 aromatic rings. The van der Waals surface area contributed by atoms with Gasteiger partial charge in [-0.25, -0.2) is 0 Å². The van der Waals surface area contributed by atoms with E-state index < -0.39 is 11.2 Å². The molecule has 0 saturated carbocycles. The third-order valence-corrected chi connectivity index (χ3v) is 3.94. The Morgan fingerprint density at radius 2 is 1.47 bits per heavy atom. The maximum atomic E-state index is 10.8. The van der Waals surface area contributed by atoms with E-state index in [2.05, 4.69) is 6.92 Å². The molecule has 0 spiro atoms. The SMILES string of the molecule is CCCCCCCCCCC(O)CC[S+](C)[O-]. The lowest BCUT2D eigenvalue weighted by atomic mass is 10.0. The first-order valence-electron chi connectivity index (χ1n) is 7.15. The van der Waals surface area contributed by atoms with Gasteiger partial charge >= 0.3 is 0 Å². The van der Waals surface area contributed by atoms with Crippen LogP contribution in [-0.4, -0.2) is 27.8 Å². The number of hydrogen-bond acceptors (Lipinski definition) is 2. The van der Waals surface area contributed by atoms with Gasteiger partial charge in [0, 0.05) is 6.42 Å². The molecular formula is C14H30O2S. The molecule has 0 heterocycles. The second-order valence-electron chi connectivity index (χ2n) is 4.98. The second-order valence-corrected chi connectivity index (χ2v) is 6.54. The summed E-state index contributed by atoms with van der Waals surface area (Å²) < 4.78 is 10.8. The molecule has 0 amide bonds. The van der Waals surface area contributed by atoms with Gasteiger partial charge < -0.3 is 9.66 Å². The van der Waals surface area contributed by atoms with Crippen LogP contribution in [0.3, 0.4) is 0 Å². The largest absolute Gasteiger partial charge is 0.617 e. The lowest BCUT2D eigenvalue weighted by molar-refractivity contribution is 0.157. The zero-order chi connectivity index (χ0) is 12.9. The van der Waals surface area contributed by atoms with Gasteiger partial charge in [-0.1, -0.05) is 69.5 Å². The van der Waals surface area contributed by atoms with E-state index in [1.165, 1.54) is 44.9 Å². The van der Waals surface area contributed by atoms with Gasteiger partial charge in [0.25, 0.3) is 0 Å². The summed E-state index contributed by atoms with van der Waals surface area (Å²) in [6, 6.07) is 0. The van der Waals surface area contributed by atoms with Crippen LogP contribution < -0.4 is 0 Å². The lowest BCUT2D eigenvalue weighted by Gasteiger charge is -2.11. The molecule has 0 aliphatic heterocycles. The van der Waals surface area contributed by atoms with Crippen molar-refractivity contribution >= 4 is 11.2 Å². The molecule has 0 bridgehead atoms. The summed E-state index contributed by atoms with van der Waals surface area (Å²) in [7, 11) is 0. The first kappa shape index (κ1) is 17.3. The number of unbranched alkanes of at least 4 members (excludes halogenated alkanes) is 7. The van der Waals surface area contributed by atoms with Gasteiger partial charge in [0.05, 0.1) is 12.4 Å². The van der Waals surface area contributed by atoms with Crippen LogP contribution >= 0.6 is 0 Å². The number of rotatable bonds is 12. The van der Waals surface area contributed by atoms with Crippen LogP contribution in [0.5, 0.6) is 0 Å². The highest BCUT2D eigenvalue weighted by Crippen LogP contribution is 2.12. The van der Waals surface area contributed by atoms with Crippen LogP contribution in [0.25, 0.3) is 0 Å². The smallest absolute Gasteiger partial charge is 0.107 e. The molecule has 2 atom stereocenters. The minimum Gasteiger partial charge on any atom is -0.617 e. The monoisotopic (exact) mass is 262 g/mol. The van der Waals surface area contributed by atoms with Crippen LogP contribution in [0.2, 0.25) is 0 Å². The number of hydrogen-bond donors (Lipinski definition) is 1. The second kappa shape index (κ2) is 12.7. The van der Waals surface area contributed by atoms with Crippen molar-refractivity contribution in [2.45, 2.75) is 77.2 Å².